The standard InChI is InChI=1S/C14H18N4S/c1-8-6-19-7-11(8)5-16-13-9(2)12(15)17-14(18-13)10-3-4-10/h6-7,10H,3-5H2,1-2H3,(H3,15,16,17,18). The largest absolute Gasteiger partial charge is 0.383 e. The van der Waals surface area contributed by atoms with E-state index in [0.29, 0.717) is 11.7 Å². The van der Waals surface area contributed by atoms with E-state index in [2.05, 4.69) is 33.0 Å². The second kappa shape index (κ2) is 4.81. The van der Waals surface area contributed by atoms with Crippen LogP contribution in [0.15, 0.2) is 10.8 Å². The van der Waals surface area contributed by atoms with Crippen molar-refractivity contribution < 1.29 is 0 Å². The fourth-order valence-electron chi connectivity index (χ4n) is 2.00. The molecule has 0 amide bonds. The van der Waals surface area contributed by atoms with Crippen molar-refractivity contribution in [3.8, 4) is 0 Å². The molecule has 1 aliphatic rings. The zero-order valence-electron chi connectivity index (χ0n) is 11.2. The second-order valence-corrected chi connectivity index (χ2v) is 5.89. The summed E-state index contributed by atoms with van der Waals surface area (Å²) in [6, 6.07) is 0. The van der Waals surface area contributed by atoms with E-state index >= 15 is 0 Å². The van der Waals surface area contributed by atoms with Crippen LogP contribution < -0.4 is 11.1 Å². The maximum atomic E-state index is 5.98. The van der Waals surface area contributed by atoms with Crippen LogP contribution in [0.25, 0.3) is 0 Å². The highest BCUT2D eigenvalue weighted by Gasteiger charge is 2.27. The molecule has 0 spiro atoms. The monoisotopic (exact) mass is 274 g/mol. The van der Waals surface area contributed by atoms with E-state index in [1.165, 1.54) is 24.0 Å². The molecule has 0 bridgehead atoms. The van der Waals surface area contributed by atoms with E-state index in [1.54, 1.807) is 11.3 Å². The van der Waals surface area contributed by atoms with Crippen molar-refractivity contribution in [3.63, 3.8) is 0 Å². The first-order valence-electron chi connectivity index (χ1n) is 6.54. The van der Waals surface area contributed by atoms with Gasteiger partial charge in [-0.1, -0.05) is 0 Å². The first-order valence-corrected chi connectivity index (χ1v) is 7.49. The van der Waals surface area contributed by atoms with Crippen LogP contribution in [0.4, 0.5) is 11.6 Å². The minimum Gasteiger partial charge on any atom is -0.383 e. The Morgan fingerprint density at radius 3 is 2.74 bits per heavy atom. The quantitative estimate of drug-likeness (QED) is 0.898. The highest BCUT2D eigenvalue weighted by atomic mass is 32.1. The lowest BCUT2D eigenvalue weighted by Gasteiger charge is -2.11. The van der Waals surface area contributed by atoms with Crippen LogP contribution in [-0.4, -0.2) is 9.97 Å². The molecule has 3 N–H and O–H groups in total. The Hall–Kier alpha value is -1.62. The molecule has 1 aliphatic carbocycles. The van der Waals surface area contributed by atoms with E-state index in [9.17, 15) is 0 Å². The van der Waals surface area contributed by atoms with Crippen LogP contribution in [0, 0.1) is 13.8 Å². The van der Waals surface area contributed by atoms with Gasteiger partial charge in [-0.3, -0.25) is 0 Å². The minimum atomic E-state index is 0.520. The molecule has 0 radical (unpaired) electrons. The van der Waals surface area contributed by atoms with Gasteiger partial charge in [0, 0.05) is 18.0 Å². The third-order valence-electron chi connectivity index (χ3n) is 3.55. The third kappa shape index (κ3) is 2.56. The van der Waals surface area contributed by atoms with Gasteiger partial charge in [-0.25, -0.2) is 9.97 Å². The molecule has 2 aromatic heterocycles. The number of hydrogen-bond donors (Lipinski definition) is 2. The predicted molar refractivity (Wildman–Crippen MR) is 79.5 cm³/mol. The summed E-state index contributed by atoms with van der Waals surface area (Å²) >= 11 is 1.73. The summed E-state index contributed by atoms with van der Waals surface area (Å²) in [4.78, 5) is 9.01. The van der Waals surface area contributed by atoms with E-state index in [-0.39, 0.29) is 0 Å². The fraction of sp³-hybridized carbons (Fsp3) is 0.429. The molecule has 1 saturated carbocycles. The van der Waals surface area contributed by atoms with Crippen molar-refractivity contribution in [3.05, 3.63) is 33.3 Å². The van der Waals surface area contributed by atoms with Gasteiger partial charge in [0.2, 0.25) is 0 Å². The molecule has 19 heavy (non-hydrogen) atoms. The summed E-state index contributed by atoms with van der Waals surface area (Å²) in [5.41, 5.74) is 9.55. The molecule has 5 heteroatoms. The Morgan fingerprint density at radius 1 is 1.32 bits per heavy atom. The average molecular weight is 274 g/mol. The Balaban J connectivity index is 1.81. The molecule has 100 valence electrons. The number of aryl methyl sites for hydroxylation is 1. The van der Waals surface area contributed by atoms with Gasteiger partial charge in [0.1, 0.15) is 17.5 Å². The lowest BCUT2D eigenvalue weighted by molar-refractivity contribution is 0.917. The van der Waals surface area contributed by atoms with Crippen LogP contribution in [0.1, 0.15) is 41.3 Å². The van der Waals surface area contributed by atoms with Crippen LogP contribution in [0.2, 0.25) is 0 Å². The first kappa shape index (κ1) is 12.4. The molecule has 2 aromatic rings. The molecule has 0 aliphatic heterocycles. The van der Waals surface area contributed by atoms with Crippen molar-refractivity contribution >= 4 is 23.0 Å². The van der Waals surface area contributed by atoms with Crippen molar-refractivity contribution in [1.82, 2.24) is 9.97 Å². The molecule has 0 aromatic carbocycles. The number of nitrogen functional groups attached to an aromatic ring is 1. The molecule has 0 unspecified atom stereocenters. The smallest absolute Gasteiger partial charge is 0.136 e. The Kier molecular flexibility index (Phi) is 3.14. The van der Waals surface area contributed by atoms with Gasteiger partial charge in [0.15, 0.2) is 0 Å². The zero-order chi connectivity index (χ0) is 13.4. The lowest BCUT2D eigenvalue weighted by Crippen LogP contribution is -2.09. The summed E-state index contributed by atoms with van der Waals surface area (Å²) in [5.74, 6) is 2.89. The second-order valence-electron chi connectivity index (χ2n) is 5.15. The number of hydrogen-bond acceptors (Lipinski definition) is 5. The SMILES string of the molecule is Cc1cscc1CNc1nc(C2CC2)nc(N)c1C. The number of nitrogens with one attached hydrogen (secondary N) is 1. The average Bonchev–Trinajstić information content (AvgIpc) is 3.15. The number of nitrogens with zero attached hydrogens (tertiary/aromatic N) is 2. The first-order chi connectivity index (χ1) is 9.15. The lowest BCUT2D eigenvalue weighted by atomic mass is 10.2. The molecule has 3 rings (SSSR count). The van der Waals surface area contributed by atoms with E-state index in [0.717, 1.165) is 23.8 Å². The highest BCUT2D eigenvalue weighted by molar-refractivity contribution is 7.08. The third-order valence-corrected chi connectivity index (χ3v) is 4.46. The van der Waals surface area contributed by atoms with Gasteiger partial charge in [-0.05, 0) is 48.6 Å². The van der Waals surface area contributed by atoms with Gasteiger partial charge >= 0.3 is 0 Å². The van der Waals surface area contributed by atoms with Gasteiger partial charge in [-0.2, -0.15) is 11.3 Å². The maximum absolute atomic E-state index is 5.98. The van der Waals surface area contributed by atoms with Crippen LogP contribution in [-0.2, 0) is 6.54 Å². The topological polar surface area (TPSA) is 63.8 Å². The summed E-state index contributed by atoms with van der Waals surface area (Å²) in [6.45, 7) is 4.88. The Bertz CT molecular complexity index is 601. The van der Waals surface area contributed by atoms with Gasteiger partial charge in [-0.15, -0.1) is 0 Å². The number of rotatable bonds is 4. The summed E-state index contributed by atoms with van der Waals surface area (Å²) in [5, 5.41) is 7.73. The number of thiophene rings is 1. The van der Waals surface area contributed by atoms with Gasteiger partial charge < -0.3 is 11.1 Å². The van der Waals surface area contributed by atoms with Crippen LogP contribution >= 0.6 is 11.3 Å². The molecule has 0 saturated heterocycles. The van der Waals surface area contributed by atoms with Crippen LogP contribution in [0.5, 0.6) is 0 Å². The molecule has 4 nitrogen and oxygen atoms in total. The van der Waals surface area contributed by atoms with E-state index < -0.39 is 0 Å². The van der Waals surface area contributed by atoms with Crippen molar-refractivity contribution in [2.75, 3.05) is 11.1 Å². The molecule has 1 fully saturated rings. The molecular weight excluding hydrogens is 256 g/mol. The predicted octanol–water partition coefficient (Wildman–Crippen LogP) is 3.23. The molecule has 0 atom stereocenters. The van der Waals surface area contributed by atoms with E-state index in [1.807, 2.05) is 6.92 Å². The number of anilines is 2. The van der Waals surface area contributed by atoms with Crippen molar-refractivity contribution in [1.29, 1.82) is 0 Å². The summed E-state index contributed by atoms with van der Waals surface area (Å²) in [7, 11) is 0. The molecule has 2 heterocycles. The number of aromatic nitrogens is 2. The Labute approximate surface area is 117 Å². The zero-order valence-corrected chi connectivity index (χ0v) is 12.0. The van der Waals surface area contributed by atoms with Gasteiger partial charge in [0.25, 0.3) is 0 Å². The van der Waals surface area contributed by atoms with Gasteiger partial charge in [0.05, 0.1) is 0 Å². The van der Waals surface area contributed by atoms with E-state index in [4.69, 9.17) is 5.73 Å². The molecular formula is C14H18N4S. The summed E-state index contributed by atoms with van der Waals surface area (Å²) in [6.07, 6.45) is 2.37. The maximum Gasteiger partial charge on any atom is 0.136 e. The fourth-order valence-corrected chi connectivity index (χ4v) is 2.85. The highest BCUT2D eigenvalue weighted by Crippen LogP contribution is 2.39. The van der Waals surface area contributed by atoms with Crippen molar-refractivity contribution in [2.45, 2.75) is 39.2 Å². The summed E-state index contributed by atoms with van der Waals surface area (Å²) < 4.78 is 0. The van der Waals surface area contributed by atoms with Crippen LogP contribution in [0.3, 0.4) is 0 Å². The van der Waals surface area contributed by atoms with Crippen molar-refractivity contribution in [2.24, 2.45) is 0 Å². The normalized spacial score (nSPS) is 14.6. The minimum absolute atomic E-state index is 0.520. The Morgan fingerprint density at radius 2 is 2.11 bits per heavy atom. The number of nitrogens with two attached hydrogens (primary N) is 1.